The third-order valence-corrected chi connectivity index (χ3v) is 5.40. The molecule has 0 radical (unpaired) electrons. The van der Waals surface area contributed by atoms with E-state index in [1.807, 2.05) is 38.1 Å². The maximum absolute atomic E-state index is 13.1. The topological polar surface area (TPSA) is 207 Å². The number of aliphatic hydroxyl groups is 2. The van der Waals surface area contributed by atoms with E-state index in [-0.39, 0.29) is 18.8 Å². The number of nitrogens with two attached hydrogens (primary N) is 1. The molecule has 4 unspecified atom stereocenters. The molecule has 192 valence electrons. The lowest BCUT2D eigenvalue weighted by atomic mass is 10.0. The third-order valence-electron chi connectivity index (χ3n) is 5.40. The summed E-state index contributed by atoms with van der Waals surface area (Å²) in [5.41, 5.74) is 7.06. The zero-order valence-electron chi connectivity index (χ0n) is 19.7. The molecule has 1 heterocycles. The standard InChI is InChI=1S/C23H33N5O7/c1-12(2)7-17(26-20(31)15(24)10-29)21(32)27-18(22(33)28-19(11-30)23(34)35)8-13-9-25-16-6-4-3-5-14(13)16/h3-6,9,12,15,17-19,25,29-30H,7-8,10-11,24H2,1-2H3,(H,26,31)(H,27,32)(H,28,33)(H,34,35). The van der Waals surface area contributed by atoms with Crippen LogP contribution in [0.1, 0.15) is 25.8 Å². The minimum absolute atomic E-state index is 0.0110. The number of hydrogen-bond donors (Lipinski definition) is 8. The maximum atomic E-state index is 13.1. The van der Waals surface area contributed by atoms with Crippen molar-refractivity contribution in [2.45, 2.75) is 50.9 Å². The fourth-order valence-electron chi connectivity index (χ4n) is 3.52. The monoisotopic (exact) mass is 491 g/mol. The van der Waals surface area contributed by atoms with Gasteiger partial charge in [-0.15, -0.1) is 0 Å². The Hall–Kier alpha value is -3.48. The van der Waals surface area contributed by atoms with Crippen LogP contribution in [-0.2, 0) is 25.6 Å². The zero-order chi connectivity index (χ0) is 26.1. The lowest BCUT2D eigenvalue weighted by molar-refractivity contribution is -0.143. The molecule has 2 aromatic rings. The second-order valence-electron chi connectivity index (χ2n) is 8.69. The highest BCUT2D eigenvalue weighted by molar-refractivity contribution is 5.94. The van der Waals surface area contributed by atoms with E-state index < -0.39 is 61.1 Å². The number of carbonyl (C=O) groups is 4. The Bertz CT molecular complexity index is 1040. The van der Waals surface area contributed by atoms with Gasteiger partial charge in [0.25, 0.3) is 0 Å². The van der Waals surface area contributed by atoms with Crippen molar-refractivity contribution in [2.24, 2.45) is 11.7 Å². The number of H-pyrrole nitrogens is 1. The number of amides is 3. The van der Waals surface area contributed by atoms with Gasteiger partial charge in [0.2, 0.25) is 17.7 Å². The van der Waals surface area contributed by atoms with Crippen LogP contribution in [0.3, 0.4) is 0 Å². The first-order valence-electron chi connectivity index (χ1n) is 11.2. The molecule has 0 saturated carbocycles. The van der Waals surface area contributed by atoms with Gasteiger partial charge in [0.1, 0.15) is 24.2 Å². The van der Waals surface area contributed by atoms with Crippen molar-refractivity contribution < 1.29 is 34.5 Å². The summed E-state index contributed by atoms with van der Waals surface area (Å²) in [6.07, 6.45) is 1.93. The predicted molar refractivity (Wildman–Crippen MR) is 127 cm³/mol. The van der Waals surface area contributed by atoms with E-state index in [2.05, 4.69) is 20.9 Å². The molecular weight excluding hydrogens is 458 g/mol. The Morgan fingerprint density at radius 2 is 1.51 bits per heavy atom. The molecule has 0 aliphatic rings. The summed E-state index contributed by atoms with van der Waals surface area (Å²) >= 11 is 0. The fourth-order valence-corrected chi connectivity index (χ4v) is 3.52. The molecule has 9 N–H and O–H groups in total. The first-order chi connectivity index (χ1) is 16.6. The average Bonchev–Trinajstić information content (AvgIpc) is 3.23. The van der Waals surface area contributed by atoms with Crippen LogP contribution in [0, 0.1) is 5.92 Å². The van der Waals surface area contributed by atoms with E-state index in [1.54, 1.807) is 6.20 Å². The van der Waals surface area contributed by atoms with Gasteiger partial charge in [-0.2, -0.15) is 0 Å². The number of aliphatic carboxylic acids is 1. The number of fused-ring (bicyclic) bond motifs is 1. The minimum atomic E-state index is -1.56. The fraction of sp³-hybridized carbons (Fsp3) is 0.478. The van der Waals surface area contributed by atoms with Gasteiger partial charge in [-0.1, -0.05) is 32.0 Å². The van der Waals surface area contributed by atoms with E-state index in [1.165, 1.54) is 0 Å². The number of aromatic nitrogens is 1. The van der Waals surface area contributed by atoms with E-state index in [0.29, 0.717) is 5.56 Å². The highest BCUT2D eigenvalue weighted by atomic mass is 16.4. The minimum Gasteiger partial charge on any atom is -0.480 e. The summed E-state index contributed by atoms with van der Waals surface area (Å²) < 4.78 is 0. The summed E-state index contributed by atoms with van der Waals surface area (Å²) in [6.45, 7) is 2.24. The predicted octanol–water partition coefficient (Wildman–Crippen LogP) is -1.39. The van der Waals surface area contributed by atoms with Crippen LogP contribution < -0.4 is 21.7 Å². The molecule has 0 bridgehead atoms. The lowest BCUT2D eigenvalue weighted by Gasteiger charge is -2.25. The van der Waals surface area contributed by atoms with Crippen LogP contribution in [-0.4, -0.2) is 81.4 Å². The first kappa shape index (κ1) is 27.8. The zero-order valence-corrected chi connectivity index (χ0v) is 19.7. The largest absolute Gasteiger partial charge is 0.480 e. The van der Waals surface area contributed by atoms with E-state index in [0.717, 1.165) is 10.9 Å². The summed E-state index contributed by atoms with van der Waals surface area (Å²) in [4.78, 5) is 52.7. The first-order valence-corrected chi connectivity index (χ1v) is 11.2. The SMILES string of the molecule is CC(C)CC(NC(=O)C(N)CO)C(=O)NC(Cc1c[nH]c2ccccc12)C(=O)NC(CO)C(=O)O. The van der Waals surface area contributed by atoms with Crippen molar-refractivity contribution in [1.82, 2.24) is 20.9 Å². The van der Waals surface area contributed by atoms with Crippen molar-refractivity contribution in [3.63, 3.8) is 0 Å². The summed E-state index contributed by atoms with van der Waals surface area (Å²) in [7, 11) is 0. The number of carbonyl (C=O) groups excluding carboxylic acids is 3. The van der Waals surface area contributed by atoms with Crippen LogP contribution in [0.5, 0.6) is 0 Å². The number of rotatable bonds is 13. The van der Waals surface area contributed by atoms with E-state index in [4.69, 9.17) is 10.8 Å². The molecule has 3 amide bonds. The number of carboxylic acid groups (broad SMARTS) is 1. The molecule has 12 nitrogen and oxygen atoms in total. The number of benzene rings is 1. The molecule has 0 aliphatic carbocycles. The van der Waals surface area contributed by atoms with Gasteiger partial charge in [0.05, 0.1) is 13.2 Å². The van der Waals surface area contributed by atoms with Crippen molar-refractivity contribution in [2.75, 3.05) is 13.2 Å². The number of aromatic amines is 1. The second-order valence-corrected chi connectivity index (χ2v) is 8.69. The molecule has 0 fully saturated rings. The molecule has 12 heteroatoms. The van der Waals surface area contributed by atoms with Gasteiger partial charge in [-0.3, -0.25) is 14.4 Å². The molecule has 0 aliphatic heterocycles. The van der Waals surface area contributed by atoms with Crippen LogP contribution in [0.25, 0.3) is 10.9 Å². The molecule has 35 heavy (non-hydrogen) atoms. The quantitative estimate of drug-likeness (QED) is 0.167. The average molecular weight is 492 g/mol. The smallest absolute Gasteiger partial charge is 0.328 e. The van der Waals surface area contributed by atoms with Crippen molar-refractivity contribution in [3.8, 4) is 0 Å². The number of aliphatic hydroxyl groups excluding tert-OH is 2. The van der Waals surface area contributed by atoms with Crippen LogP contribution in [0.4, 0.5) is 0 Å². The summed E-state index contributed by atoms with van der Waals surface area (Å²) in [6, 6.07) is 2.30. The van der Waals surface area contributed by atoms with Crippen LogP contribution in [0.2, 0.25) is 0 Å². The summed E-state index contributed by atoms with van der Waals surface area (Å²) in [5.74, 6) is -3.65. The van der Waals surface area contributed by atoms with Gasteiger partial charge in [-0.25, -0.2) is 4.79 Å². The highest BCUT2D eigenvalue weighted by Gasteiger charge is 2.31. The maximum Gasteiger partial charge on any atom is 0.328 e. The number of nitrogens with one attached hydrogen (secondary N) is 4. The van der Waals surface area contributed by atoms with Gasteiger partial charge in [-0.05, 0) is 24.0 Å². The molecule has 1 aromatic carbocycles. The van der Waals surface area contributed by atoms with Gasteiger partial charge >= 0.3 is 5.97 Å². The van der Waals surface area contributed by atoms with Crippen molar-refractivity contribution >= 4 is 34.6 Å². The normalized spacial score (nSPS) is 14.7. The number of para-hydroxylation sites is 1. The van der Waals surface area contributed by atoms with Crippen molar-refractivity contribution in [3.05, 3.63) is 36.0 Å². The van der Waals surface area contributed by atoms with E-state index >= 15 is 0 Å². The Kier molecular flexibility index (Phi) is 10.2. The van der Waals surface area contributed by atoms with E-state index in [9.17, 15) is 29.4 Å². The van der Waals surface area contributed by atoms with Gasteiger partial charge in [0.15, 0.2) is 0 Å². The highest BCUT2D eigenvalue weighted by Crippen LogP contribution is 2.19. The Labute approximate surface area is 202 Å². The van der Waals surface area contributed by atoms with Crippen LogP contribution in [0.15, 0.2) is 30.5 Å². The third kappa shape index (κ3) is 7.77. The lowest BCUT2D eigenvalue weighted by Crippen LogP contribution is -2.58. The van der Waals surface area contributed by atoms with Crippen LogP contribution >= 0.6 is 0 Å². The summed E-state index contributed by atoms with van der Waals surface area (Å²) in [5, 5.41) is 35.8. The number of carboxylic acids is 1. The molecule has 0 saturated heterocycles. The Morgan fingerprint density at radius 3 is 2.11 bits per heavy atom. The molecular formula is C23H33N5O7. The Morgan fingerprint density at radius 1 is 0.914 bits per heavy atom. The Balaban J connectivity index is 2.30. The molecule has 0 spiro atoms. The molecule has 2 rings (SSSR count). The van der Waals surface area contributed by atoms with Gasteiger partial charge in [0, 0.05) is 23.5 Å². The van der Waals surface area contributed by atoms with Crippen molar-refractivity contribution in [1.29, 1.82) is 0 Å². The second kappa shape index (κ2) is 12.8. The molecule has 4 atom stereocenters. The molecule has 1 aromatic heterocycles. The van der Waals surface area contributed by atoms with Gasteiger partial charge < -0.3 is 42.0 Å². The number of hydrogen-bond acceptors (Lipinski definition) is 7.